The third-order valence-electron chi connectivity index (χ3n) is 2.78. The summed E-state index contributed by atoms with van der Waals surface area (Å²) in [7, 11) is 1.70. The molecule has 1 aliphatic heterocycles. The Hall–Kier alpha value is -1.11. The summed E-state index contributed by atoms with van der Waals surface area (Å²) < 4.78 is 7.57. The normalized spacial score (nSPS) is 19.6. The van der Waals surface area contributed by atoms with Crippen LogP contribution in [-0.4, -0.2) is 53.7 Å². The topological polar surface area (TPSA) is 61.9 Å². The number of urea groups is 1. The van der Waals surface area contributed by atoms with E-state index in [0.717, 1.165) is 6.42 Å². The highest BCUT2D eigenvalue weighted by Crippen LogP contribution is 2.17. The van der Waals surface area contributed by atoms with E-state index < -0.39 is 5.60 Å². The Morgan fingerprint density at radius 3 is 2.56 bits per heavy atom. The van der Waals surface area contributed by atoms with Gasteiger partial charge in [-0.15, -0.1) is 0 Å². The van der Waals surface area contributed by atoms with Crippen LogP contribution < -0.4 is 4.72 Å². The highest BCUT2D eigenvalue weighted by molar-refractivity contribution is 7.78. The van der Waals surface area contributed by atoms with E-state index in [0.29, 0.717) is 13.1 Å². The standard InChI is InChI=1S/C11H21N3O3S/c1-11(2,3)17-10(16)13(4)8-5-6-14(7-8)9(15)12-18/h8,18H,5-7H2,1-4H3,(H,12,15). The first kappa shape index (κ1) is 14.9. The fourth-order valence-corrected chi connectivity index (χ4v) is 1.94. The molecule has 104 valence electrons. The van der Waals surface area contributed by atoms with Crippen molar-refractivity contribution in [2.24, 2.45) is 0 Å². The lowest BCUT2D eigenvalue weighted by Gasteiger charge is -2.28. The fourth-order valence-electron chi connectivity index (χ4n) is 1.80. The van der Waals surface area contributed by atoms with E-state index in [-0.39, 0.29) is 18.2 Å². The van der Waals surface area contributed by atoms with Gasteiger partial charge in [-0.05, 0) is 27.2 Å². The van der Waals surface area contributed by atoms with Gasteiger partial charge in [0.2, 0.25) is 0 Å². The van der Waals surface area contributed by atoms with Gasteiger partial charge in [-0.3, -0.25) is 4.72 Å². The van der Waals surface area contributed by atoms with Crippen molar-refractivity contribution in [1.82, 2.24) is 14.5 Å². The Morgan fingerprint density at radius 2 is 2.06 bits per heavy atom. The summed E-state index contributed by atoms with van der Waals surface area (Å²) in [4.78, 5) is 26.4. The minimum atomic E-state index is -0.508. The second-order valence-electron chi connectivity index (χ2n) is 5.40. The Labute approximate surface area is 113 Å². The predicted molar refractivity (Wildman–Crippen MR) is 71.5 cm³/mol. The molecule has 0 aromatic rings. The molecule has 1 N–H and O–H groups in total. The van der Waals surface area contributed by atoms with Gasteiger partial charge in [-0.1, -0.05) is 12.8 Å². The number of hydrogen-bond acceptors (Lipinski definition) is 4. The smallest absolute Gasteiger partial charge is 0.410 e. The van der Waals surface area contributed by atoms with E-state index >= 15 is 0 Å². The molecule has 0 saturated carbocycles. The number of likely N-dealkylation sites (tertiary alicyclic amines) is 1. The number of amides is 3. The monoisotopic (exact) mass is 275 g/mol. The van der Waals surface area contributed by atoms with Gasteiger partial charge in [0.1, 0.15) is 5.60 Å². The minimum Gasteiger partial charge on any atom is -0.444 e. The van der Waals surface area contributed by atoms with Crippen molar-refractivity contribution in [3.8, 4) is 0 Å². The van der Waals surface area contributed by atoms with Gasteiger partial charge in [0.15, 0.2) is 0 Å². The highest BCUT2D eigenvalue weighted by atomic mass is 32.1. The lowest BCUT2D eigenvalue weighted by atomic mass is 10.2. The molecule has 1 unspecified atom stereocenters. The summed E-state index contributed by atoms with van der Waals surface area (Å²) in [5.74, 6) is 0. The molecule has 0 radical (unpaired) electrons. The van der Waals surface area contributed by atoms with E-state index in [1.807, 2.05) is 20.8 Å². The molecule has 1 aliphatic rings. The van der Waals surface area contributed by atoms with Gasteiger partial charge >= 0.3 is 12.1 Å². The summed E-state index contributed by atoms with van der Waals surface area (Å²) in [6.45, 7) is 6.60. The first-order valence-electron chi connectivity index (χ1n) is 5.89. The van der Waals surface area contributed by atoms with E-state index in [1.54, 1.807) is 16.8 Å². The molecule has 0 bridgehead atoms. The lowest BCUT2D eigenvalue weighted by molar-refractivity contribution is 0.0230. The molecule has 0 aliphatic carbocycles. The van der Waals surface area contributed by atoms with E-state index in [2.05, 4.69) is 17.5 Å². The number of carbonyl (C=O) groups is 2. The Morgan fingerprint density at radius 1 is 1.44 bits per heavy atom. The number of rotatable bonds is 1. The quantitative estimate of drug-likeness (QED) is 0.713. The molecule has 0 aromatic carbocycles. The van der Waals surface area contributed by atoms with Crippen LogP contribution in [0.4, 0.5) is 9.59 Å². The Kier molecular flexibility index (Phi) is 4.72. The average Bonchev–Trinajstić information content (AvgIpc) is 2.73. The van der Waals surface area contributed by atoms with Crippen molar-refractivity contribution in [2.45, 2.75) is 38.8 Å². The Bertz CT molecular complexity index is 330. The fraction of sp³-hybridized carbons (Fsp3) is 0.818. The summed E-state index contributed by atoms with van der Waals surface area (Å²) in [5, 5.41) is 0. The Balaban J connectivity index is 2.52. The van der Waals surface area contributed by atoms with Crippen LogP contribution >= 0.6 is 12.8 Å². The highest BCUT2D eigenvalue weighted by Gasteiger charge is 2.32. The van der Waals surface area contributed by atoms with Gasteiger partial charge < -0.3 is 14.5 Å². The number of carbonyl (C=O) groups excluding carboxylic acids is 2. The second kappa shape index (κ2) is 5.69. The summed E-state index contributed by atoms with van der Waals surface area (Å²) in [5.41, 5.74) is -0.508. The van der Waals surface area contributed by atoms with Gasteiger partial charge in [0.05, 0.1) is 6.04 Å². The second-order valence-corrected chi connectivity index (χ2v) is 5.62. The predicted octanol–water partition coefficient (Wildman–Crippen LogP) is 1.48. The zero-order valence-electron chi connectivity index (χ0n) is 11.3. The van der Waals surface area contributed by atoms with Crippen molar-refractivity contribution in [1.29, 1.82) is 0 Å². The molecule has 1 saturated heterocycles. The minimum absolute atomic E-state index is 0.00881. The van der Waals surface area contributed by atoms with Crippen LogP contribution in [0.15, 0.2) is 0 Å². The zero-order chi connectivity index (χ0) is 13.9. The van der Waals surface area contributed by atoms with Crippen molar-refractivity contribution >= 4 is 24.9 Å². The van der Waals surface area contributed by atoms with Crippen LogP contribution in [0, 0.1) is 0 Å². The number of thiol groups is 1. The molecule has 0 aromatic heterocycles. The maximum atomic E-state index is 11.9. The molecule has 1 heterocycles. The average molecular weight is 275 g/mol. The van der Waals surface area contributed by atoms with Crippen molar-refractivity contribution in [2.75, 3.05) is 20.1 Å². The van der Waals surface area contributed by atoms with Crippen molar-refractivity contribution in [3.63, 3.8) is 0 Å². The molecule has 1 rings (SSSR count). The van der Waals surface area contributed by atoms with Crippen LogP contribution in [0.5, 0.6) is 0 Å². The van der Waals surface area contributed by atoms with E-state index in [9.17, 15) is 9.59 Å². The van der Waals surface area contributed by atoms with Crippen LogP contribution in [0.25, 0.3) is 0 Å². The molecular formula is C11H21N3O3S. The number of nitrogens with zero attached hydrogens (tertiary/aromatic N) is 2. The third kappa shape index (κ3) is 3.97. The third-order valence-corrected chi connectivity index (χ3v) is 2.97. The van der Waals surface area contributed by atoms with Crippen molar-refractivity contribution in [3.05, 3.63) is 0 Å². The molecule has 18 heavy (non-hydrogen) atoms. The van der Waals surface area contributed by atoms with Crippen LogP contribution in [0.1, 0.15) is 27.2 Å². The summed E-state index contributed by atoms with van der Waals surface area (Å²) >= 11 is 3.72. The van der Waals surface area contributed by atoms with Gasteiger partial charge in [0.25, 0.3) is 0 Å². The molecule has 7 heteroatoms. The molecule has 6 nitrogen and oxygen atoms in total. The SMILES string of the molecule is CN(C(=O)OC(C)(C)C)C1CCN(C(=O)NS)C1. The first-order valence-corrected chi connectivity index (χ1v) is 6.34. The van der Waals surface area contributed by atoms with Gasteiger partial charge in [0, 0.05) is 20.1 Å². The van der Waals surface area contributed by atoms with Crippen LogP contribution in [-0.2, 0) is 4.74 Å². The number of ether oxygens (including phenoxy) is 1. The van der Waals surface area contributed by atoms with E-state index in [4.69, 9.17) is 4.74 Å². The zero-order valence-corrected chi connectivity index (χ0v) is 12.2. The molecular weight excluding hydrogens is 254 g/mol. The summed E-state index contributed by atoms with van der Waals surface area (Å²) in [6, 6.07) is -0.246. The van der Waals surface area contributed by atoms with Crippen molar-refractivity contribution < 1.29 is 14.3 Å². The molecule has 1 fully saturated rings. The number of likely N-dealkylation sites (N-methyl/N-ethyl adjacent to an activating group) is 1. The van der Waals surface area contributed by atoms with Gasteiger partial charge in [-0.25, -0.2) is 9.59 Å². The maximum Gasteiger partial charge on any atom is 0.410 e. The van der Waals surface area contributed by atoms with E-state index in [1.165, 1.54) is 0 Å². The lowest BCUT2D eigenvalue weighted by Crippen LogP contribution is -2.43. The molecule has 1 atom stereocenters. The molecule has 0 spiro atoms. The largest absolute Gasteiger partial charge is 0.444 e. The first-order chi connectivity index (χ1) is 8.24. The number of hydrogen-bond donors (Lipinski definition) is 2. The van der Waals surface area contributed by atoms with Gasteiger partial charge in [-0.2, -0.15) is 0 Å². The summed E-state index contributed by atoms with van der Waals surface area (Å²) in [6.07, 6.45) is 0.386. The molecule has 3 amide bonds. The maximum absolute atomic E-state index is 11.9. The number of nitrogens with one attached hydrogen (secondary N) is 1. The van der Waals surface area contributed by atoms with Crippen LogP contribution in [0.2, 0.25) is 0 Å². The van der Waals surface area contributed by atoms with Crippen LogP contribution in [0.3, 0.4) is 0 Å².